The van der Waals surface area contributed by atoms with E-state index in [4.69, 9.17) is 11.6 Å². The highest BCUT2D eigenvalue weighted by molar-refractivity contribution is 6.31. The molecule has 2 heterocycles. The average Bonchev–Trinajstić information content (AvgIpc) is 3.10. The molecule has 0 aliphatic heterocycles. The number of anilines is 1. The Morgan fingerprint density at radius 3 is 2.59 bits per heavy atom. The summed E-state index contributed by atoms with van der Waals surface area (Å²) in [7, 11) is 0. The lowest BCUT2D eigenvalue weighted by atomic mass is 10.2. The molecule has 2 aromatic heterocycles. The van der Waals surface area contributed by atoms with E-state index in [9.17, 15) is 14.4 Å². The van der Waals surface area contributed by atoms with E-state index < -0.39 is 11.6 Å². The monoisotopic (exact) mass is 449 g/mol. The van der Waals surface area contributed by atoms with E-state index in [0.717, 1.165) is 15.8 Å². The van der Waals surface area contributed by atoms with Crippen molar-refractivity contribution >= 4 is 34.7 Å². The normalized spacial score (nSPS) is 10.8. The molecule has 2 aromatic carbocycles. The van der Waals surface area contributed by atoms with E-state index in [1.165, 1.54) is 10.6 Å². The average molecular weight is 450 g/mol. The van der Waals surface area contributed by atoms with E-state index in [1.807, 2.05) is 30.3 Å². The molecule has 0 aliphatic carbocycles. The molecule has 162 valence electrons. The van der Waals surface area contributed by atoms with Crippen LogP contribution >= 0.6 is 11.6 Å². The standard InChI is InChI=1S/C23H20ClN5O3/c1-15-18(24)8-5-9-19(15)26-21(30)14-29-23(32)28-13-17(10-11-20(28)27-29)22(31)25-12-16-6-3-2-4-7-16/h2-11,13H,12,14H2,1H3,(H,25,31)(H,26,30). The van der Waals surface area contributed by atoms with Gasteiger partial charge in [0.1, 0.15) is 6.54 Å². The minimum absolute atomic E-state index is 0.276. The summed E-state index contributed by atoms with van der Waals surface area (Å²) in [6, 6.07) is 17.8. The molecule has 0 fully saturated rings. The Bertz CT molecular complexity index is 1360. The SMILES string of the molecule is Cc1c(Cl)cccc1NC(=O)Cn1nc2ccc(C(=O)NCc3ccccc3)cn2c1=O. The molecule has 4 aromatic rings. The van der Waals surface area contributed by atoms with Gasteiger partial charge in [0.05, 0.1) is 5.56 Å². The van der Waals surface area contributed by atoms with Crippen LogP contribution in [0.1, 0.15) is 21.5 Å². The minimum Gasteiger partial charge on any atom is -0.348 e. The van der Waals surface area contributed by atoms with Crippen LogP contribution in [0, 0.1) is 6.92 Å². The van der Waals surface area contributed by atoms with Gasteiger partial charge >= 0.3 is 5.69 Å². The predicted octanol–water partition coefficient (Wildman–Crippen LogP) is 3.03. The molecule has 0 saturated heterocycles. The first-order valence-corrected chi connectivity index (χ1v) is 10.3. The van der Waals surface area contributed by atoms with Crippen LogP contribution in [0.2, 0.25) is 5.02 Å². The fourth-order valence-electron chi connectivity index (χ4n) is 3.20. The molecular weight excluding hydrogens is 430 g/mol. The van der Waals surface area contributed by atoms with Gasteiger partial charge in [-0.1, -0.05) is 48.0 Å². The molecule has 32 heavy (non-hydrogen) atoms. The second kappa shape index (κ2) is 9.07. The van der Waals surface area contributed by atoms with Crippen molar-refractivity contribution in [1.82, 2.24) is 19.5 Å². The van der Waals surface area contributed by atoms with Crippen LogP contribution in [0.3, 0.4) is 0 Å². The fourth-order valence-corrected chi connectivity index (χ4v) is 3.38. The largest absolute Gasteiger partial charge is 0.350 e. The van der Waals surface area contributed by atoms with Gasteiger partial charge in [0.15, 0.2) is 5.65 Å². The first-order valence-electron chi connectivity index (χ1n) is 9.88. The summed E-state index contributed by atoms with van der Waals surface area (Å²) in [5, 5.41) is 10.3. The van der Waals surface area contributed by atoms with E-state index in [2.05, 4.69) is 15.7 Å². The molecule has 4 rings (SSSR count). The van der Waals surface area contributed by atoms with Crippen molar-refractivity contribution in [3.63, 3.8) is 0 Å². The predicted molar refractivity (Wildman–Crippen MR) is 122 cm³/mol. The zero-order chi connectivity index (χ0) is 22.7. The maximum Gasteiger partial charge on any atom is 0.350 e. The van der Waals surface area contributed by atoms with Crippen molar-refractivity contribution in [3.05, 3.63) is 99.1 Å². The number of nitrogens with zero attached hydrogens (tertiary/aromatic N) is 3. The summed E-state index contributed by atoms with van der Waals surface area (Å²) in [6.45, 7) is 1.89. The zero-order valence-corrected chi connectivity index (χ0v) is 18.0. The Labute approximate surface area is 188 Å². The smallest absolute Gasteiger partial charge is 0.348 e. The molecule has 0 bridgehead atoms. The van der Waals surface area contributed by atoms with Gasteiger partial charge in [0, 0.05) is 23.5 Å². The van der Waals surface area contributed by atoms with Gasteiger partial charge in [-0.05, 0) is 42.3 Å². The van der Waals surface area contributed by atoms with E-state index >= 15 is 0 Å². The first kappa shape index (κ1) is 21.3. The summed E-state index contributed by atoms with van der Waals surface area (Å²) in [5.41, 5.74) is 2.40. The fraction of sp³-hybridized carbons (Fsp3) is 0.130. The Hall–Kier alpha value is -3.91. The molecule has 2 amide bonds. The third kappa shape index (κ3) is 4.55. The quantitative estimate of drug-likeness (QED) is 0.472. The summed E-state index contributed by atoms with van der Waals surface area (Å²) in [5.74, 6) is -0.730. The van der Waals surface area contributed by atoms with Crippen LogP contribution in [0.4, 0.5) is 5.69 Å². The van der Waals surface area contributed by atoms with Gasteiger partial charge in [-0.25, -0.2) is 13.9 Å². The molecule has 0 saturated carbocycles. The summed E-state index contributed by atoms with van der Waals surface area (Å²) < 4.78 is 2.30. The number of fused-ring (bicyclic) bond motifs is 1. The number of benzene rings is 2. The van der Waals surface area contributed by atoms with Gasteiger partial charge in [-0.3, -0.25) is 9.59 Å². The Kier molecular flexibility index (Phi) is 6.04. The third-order valence-electron chi connectivity index (χ3n) is 4.97. The highest BCUT2D eigenvalue weighted by atomic mass is 35.5. The second-order valence-corrected chi connectivity index (χ2v) is 7.62. The molecule has 0 aliphatic rings. The van der Waals surface area contributed by atoms with E-state index in [0.29, 0.717) is 28.5 Å². The molecule has 0 spiro atoms. The van der Waals surface area contributed by atoms with Crippen molar-refractivity contribution in [2.45, 2.75) is 20.0 Å². The number of pyridine rings is 1. The topological polar surface area (TPSA) is 97.5 Å². The molecule has 0 unspecified atom stereocenters. The highest BCUT2D eigenvalue weighted by Crippen LogP contribution is 2.22. The van der Waals surface area contributed by atoms with Crippen LogP contribution in [0.5, 0.6) is 0 Å². The van der Waals surface area contributed by atoms with Crippen LogP contribution < -0.4 is 16.3 Å². The summed E-state index contributed by atoms with van der Waals surface area (Å²) in [6.07, 6.45) is 1.42. The van der Waals surface area contributed by atoms with Crippen LogP contribution in [0.25, 0.3) is 5.65 Å². The number of hydrogen-bond donors (Lipinski definition) is 2. The van der Waals surface area contributed by atoms with Crippen molar-refractivity contribution in [2.24, 2.45) is 0 Å². The van der Waals surface area contributed by atoms with Gasteiger partial charge < -0.3 is 10.6 Å². The van der Waals surface area contributed by atoms with Crippen molar-refractivity contribution in [1.29, 1.82) is 0 Å². The number of halogens is 1. The van der Waals surface area contributed by atoms with Gasteiger partial charge in [0.25, 0.3) is 5.91 Å². The number of nitrogens with one attached hydrogen (secondary N) is 2. The first-order chi connectivity index (χ1) is 15.4. The van der Waals surface area contributed by atoms with Crippen molar-refractivity contribution in [2.75, 3.05) is 5.32 Å². The second-order valence-electron chi connectivity index (χ2n) is 7.22. The van der Waals surface area contributed by atoms with Gasteiger partial charge in [-0.2, -0.15) is 0 Å². The Balaban J connectivity index is 1.49. The lowest BCUT2D eigenvalue weighted by molar-refractivity contribution is -0.117. The number of rotatable bonds is 6. The maximum absolute atomic E-state index is 12.7. The molecular formula is C23H20ClN5O3. The molecule has 8 nitrogen and oxygen atoms in total. The van der Waals surface area contributed by atoms with Gasteiger partial charge in [-0.15, -0.1) is 5.10 Å². The maximum atomic E-state index is 12.7. The molecule has 9 heteroatoms. The van der Waals surface area contributed by atoms with E-state index in [1.54, 1.807) is 37.3 Å². The highest BCUT2D eigenvalue weighted by Gasteiger charge is 2.14. The van der Waals surface area contributed by atoms with Crippen LogP contribution in [0.15, 0.2) is 71.7 Å². The van der Waals surface area contributed by atoms with Gasteiger partial charge in [0.2, 0.25) is 5.91 Å². The third-order valence-corrected chi connectivity index (χ3v) is 5.38. The Morgan fingerprint density at radius 2 is 1.81 bits per heavy atom. The minimum atomic E-state index is -0.518. The van der Waals surface area contributed by atoms with E-state index in [-0.39, 0.29) is 12.5 Å². The summed E-state index contributed by atoms with van der Waals surface area (Å²) >= 11 is 6.08. The molecule has 0 atom stereocenters. The molecule has 0 radical (unpaired) electrons. The van der Waals surface area contributed by atoms with Crippen LogP contribution in [-0.4, -0.2) is 26.0 Å². The lowest BCUT2D eigenvalue weighted by Crippen LogP contribution is -2.29. The number of hydrogen-bond acceptors (Lipinski definition) is 4. The Morgan fingerprint density at radius 1 is 1.03 bits per heavy atom. The van der Waals surface area contributed by atoms with Crippen molar-refractivity contribution < 1.29 is 9.59 Å². The lowest BCUT2D eigenvalue weighted by Gasteiger charge is -2.09. The number of aromatic nitrogens is 3. The summed E-state index contributed by atoms with van der Waals surface area (Å²) in [4.78, 5) is 37.7. The van der Waals surface area contributed by atoms with Crippen molar-refractivity contribution in [3.8, 4) is 0 Å². The number of amides is 2. The number of carbonyl (C=O) groups excluding carboxylic acids is 2. The zero-order valence-electron chi connectivity index (χ0n) is 17.2. The molecule has 2 N–H and O–H groups in total. The number of carbonyl (C=O) groups is 2. The van der Waals surface area contributed by atoms with Crippen LogP contribution in [-0.2, 0) is 17.9 Å².